The molecule has 0 fully saturated rings. The van der Waals surface area contributed by atoms with Crippen molar-refractivity contribution in [3.8, 4) is 0 Å². The van der Waals surface area contributed by atoms with Crippen molar-refractivity contribution in [3.63, 3.8) is 0 Å². The third-order valence-electron chi connectivity index (χ3n) is 5.33. The molecule has 6 heteroatoms. The Balaban J connectivity index is 0. The SMILES string of the molecule is C=C(C)C(=O)O.CCCCCCCCCCOC(=O)CCCCC(=O)OCCCCCC(C)C. The van der Waals surface area contributed by atoms with E-state index in [0.29, 0.717) is 38.9 Å². The second-order valence-electron chi connectivity index (χ2n) is 9.45. The van der Waals surface area contributed by atoms with Gasteiger partial charge < -0.3 is 14.6 Å². The first-order chi connectivity index (χ1) is 16.2. The van der Waals surface area contributed by atoms with E-state index in [9.17, 15) is 14.4 Å². The summed E-state index contributed by atoms with van der Waals surface area (Å²) < 4.78 is 10.5. The summed E-state index contributed by atoms with van der Waals surface area (Å²) in [5.74, 6) is -0.470. The fraction of sp³-hybridized carbons (Fsp3) is 0.821. The molecule has 0 aliphatic rings. The first-order valence-electron chi connectivity index (χ1n) is 13.4. The number of carboxylic acid groups (broad SMARTS) is 1. The Hall–Kier alpha value is -1.85. The van der Waals surface area contributed by atoms with Crippen LogP contribution >= 0.6 is 0 Å². The summed E-state index contributed by atoms with van der Waals surface area (Å²) in [6, 6.07) is 0. The van der Waals surface area contributed by atoms with Crippen molar-refractivity contribution >= 4 is 17.9 Å². The van der Waals surface area contributed by atoms with E-state index in [4.69, 9.17) is 14.6 Å². The minimum atomic E-state index is -0.935. The molecule has 0 saturated heterocycles. The molecule has 0 aromatic rings. The number of esters is 2. The molecule has 0 aromatic heterocycles. The van der Waals surface area contributed by atoms with Crippen LogP contribution in [0.1, 0.15) is 130 Å². The van der Waals surface area contributed by atoms with Crippen LogP contribution in [0.4, 0.5) is 0 Å². The molecule has 0 bridgehead atoms. The fourth-order valence-corrected chi connectivity index (χ4v) is 3.12. The predicted octanol–water partition coefficient (Wildman–Crippen LogP) is 7.64. The van der Waals surface area contributed by atoms with Gasteiger partial charge >= 0.3 is 17.9 Å². The summed E-state index contributed by atoms with van der Waals surface area (Å²) in [6.45, 7) is 12.4. The van der Waals surface area contributed by atoms with Gasteiger partial charge in [-0.15, -0.1) is 0 Å². The highest BCUT2D eigenvalue weighted by atomic mass is 16.5. The summed E-state index contributed by atoms with van der Waals surface area (Å²) >= 11 is 0. The molecule has 6 nitrogen and oxygen atoms in total. The molecule has 200 valence electrons. The summed E-state index contributed by atoms with van der Waals surface area (Å²) in [5.41, 5.74) is 0.176. The zero-order valence-electron chi connectivity index (χ0n) is 22.5. The molecule has 0 aliphatic heterocycles. The molecule has 0 spiro atoms. The normalized spacial score (nSPS) is 10.4. The van der Waals surface area contributed by atoms with Gasteiger partial charge in [0.2, 0.25) is 0 Å². The Morgan fingerprint density at radius 2 is 1.09 bits per heavy atom. The minimum absolute atomic E-state index is 0.138. The van der Waals surface area contributed by atoms with Gasteiger partial charge in [-0.1, -0.05) is 91.6 Å². The number of ether oxygens (including phenoxy) is 2. The lowest BCUT2D eigenvalue weighted by atomic mass is 10.1. The van der Waals surface area contributed by atoms with Crippen LogP contribution in [0, 0.1) is 5.92 Å². The lowest BCUT2D eigenvalue weighted by Gasteiger charge is -2.07. The van der Waals surface area contributed by atoms with Crippen molar-refractivity contribution in [1.29, 1.82) is 0 Å². The molecule has 0 aromatic carbocycles. The van der Waals surface area contributed by atoms with Gasteiger partial charge in [0, 0.05) is 18.4 Å². The Bertz CT molecular complexity index is 515. The third kappa shape index (κ3) is 30.1. The maximum absolute atomic E-state index is 11.7. The van der Waals surface area contributed by atoms with Gasteiger partial charge in [0.25, 0.3) is 0 Å². The van der Waals surface area contributed by atoms with E-state index in [1.54, 1.807) is 0 Å². The van der Waals surface area contributed by atoms with Gasteiger partial charge in [-0.2, -0.15) is 0 Å². The molecule has 0 amide bonds. The van der Waals surface area contributed by atoms with Gasteiger partial charge in [-0.05, 0) is 38.5 Å². The quantitative estimate of drug-likeness (QED) is 0.102. The molecular formula is C28H52O6. The second-order valence-corrected chi connectivity index (χ2v) is 9.45. The van der Waals surface area contributed by atoms with E-state index >= 15 is 0 Å². The highest BCUT2D eigenvalue weighted by Gasteiger charge is 2.06. The minimum Gasteiger partial charge on any atom is -0.478 e. The highest BCUT2D eigenvalue weighted by molar-refractivity contribution is 5.84. The third-order valence-corrected chi connectivity index (χ3v) is 5.33. The Labute approximate surface area is 208 Å². The van der Waals surface area contributed by atoms with Crippen LogP contribution in [0.5, 0.6) is 0 Å². The van der Waals surface area contributed by atoms with Gasteiger partial charge in [-0.25, -0.2) is 4.79 Å². The number of carbonyl (C=O) groups is 3. The zero-order chi connectivity index (χ0) is 26.0. The molecule has 0 heterocycles. The second kappa shape index (κ2) is 25.8. The highest BCUT2D eigenvalue weighted by Crippen LogP contribution is 2.10. The van der Waals surface area contributed by atoms with Gasteiger partial charge in [-0.3, -0.25) is 9.59 Å². The first kappa shape index (κ1) is 34.3. The summed E-state index contributed by atoms with van der Waals surface area (Å²) in [7, 11) is 0. The maximum atomic E-state index is 11.7. The zero-order valence-corrected chi connectivity index (χ0v) is 22.5. The molecule has 0 saturated carbocycles. The van der Waals surface area contributed by atoms with Crippen LogP contribution in [0.25, 0.3) is 0 Å². The first-order valence-corrected chi connectivity index (χ1v) is 13.4. The van der Waals surface area contributed by atoms with E-state index < -0.39 is 5.97 Å². The van der Waals surface area contributed by atoms with E-state index in [2.05, 4.69) is 27.4 Å². The lowest BCUT2D eigenvalue weighted by molar-refractivity contribution is -0.146. The van der Waals surface area contributed by atoms with Crippen molar-refractivity contribution in [2.75, 3.05) is 13.2 Å². The molecule has 1 N–H and O–H groups in total. The molecule has 0 aliphatic carbocycles. The fourth-order valence-electron chi connectivity index (χ4n) is 3.12. The van der Waals surface area contributed by atoms with Crippen molar-refractivity contribution < 1.29 is 29.0 Å². The van der Waals surface area contributed by atoms with Crippen molar-refractivity contribution in [1.82, 2.24) is 0 Å². The number of carbonyl (C=O) groups excluding carboxylic acids is 2. The number of aliphatic carboxylic acids is 1. The van der Waals surface area contributed by atoms with Crippen LogP contribution in [0.3, 0.4) is 0 Å². The average molecular weight is 485 g/mol. The van der Waals surface area contributed by atoms with E-state index in [0.717, 1.165) is 31.6 Å². The summed E-state index contributed by atoms with van der Waals surface area (Å²) in [5, 5.41) is 7.89. The monoisotopic (exact) mass is 484 g/mol. The van der Waals surface area contributed by atoms with Crippen LogP contribution in [-0.2, 0) is 23.9 Å². The smallest absolute Gasteiger partial charge is 0.330 e. The largest absolute Gasteiger partial charge is 0.478 e. The topological polar surface area (TPSA) is 89.9 Å². The summed E-state index contributed by atoms with van der Waals surface area (Å²) in [4.78, 5) is 32.9. The van der Waals surface area contributed by atoms with Crippen molar-refractivity contribution in [2.24, 2.45) is 5.92 Å². The Morgan fingerprint density at radius 3 is 1.47 bits per heavy atom. The number of hydrogen-bond acceptors (Lipinski definition) is 5. The van der Waals surface area contributed by atoms with Gasteiger partial charge in [0.1, 0.15) is 0 Å². The van der Waals surface area contributed by atoms with Crippen LogP contribution in [0.2, 0.25) is 0 Å². The average Bonchev–Trinajstić information content (AvgIpc) is 2.78. The number of carboxylic acids is 1. The molecule has 34 heavy (non-hydrogen) atoms. The Kier molecular flexibility index (Phi) is 26.0. The van der Waals surface area contributed by atoms with Crippen molar-refractivity contribution in [2.45, 2.75) is 130 Å². The van der Waals surface area contributed by atoms with Gasteiger partial charge in [0.05, 0.1) is 13.2 Å². The lowest BCUT2D eigenvalue weighted by Crippen LogP contribution is -2.08. The van der Waals surface area contributed by atoms with E-state index in [1.165, 1.54) is 58.3 Å². The van der Waals surface area contributed by atoms with E-state index in [-0.39, 0.29) is 17.5 Å². The van der Waals surface area contributed by atoms with Crippen LogP contribution in [-0.4, -0.2) is 36.2 Å². The molecule has 0 rings (SSSR count). The number of hydrogen-bond donors (Lipinski definition) is 1. The van der Waals surface area contributed by atoms with Crippen molar-refractivity contribution in [3.05, 3.63) is 12.2 Å². The number of rotatable bonds is 21. The maximum Gasteiger partial charge on any atom is 0.330 e. The van der Waals surface area contributed by atoms with E-state index in [1.807, 2.05) is 0 Å². The van der Waals surface area contributed by atoms with Crippen LogP contribution in [0.15, 0.2) is 12.2 Å². The molecule has 0 atom stereocenters. The standard InChI is InChI=1S/C24H46O4.C4H6O2/c1-4-5-6-7-8-9-10-15-20-27-23(25)18-13-14-19-24(26)28-21-16-11-12-17-22(2)3;1-3(2)4(5)6/h22H,4-21H2,1-3H3;1H2,2H3,(H,5,6). The number of unbranched alkanes of at least 4 members (excludes halogenated alkanes) is 10. The Morgan fingerprint density at radius 1 is 0.706 bits per heavy atom. The molecule has 0 radical (unpaired) electrons. The van der Waals surface area contributed by atoms with Crippen LogP contribution < -0.4 is 0 Å². The molecule has 0 unspecified atom stereocenters. The predicted molar refractivity (Wildman–Crippen MR) is 139 cm³/mol. The van der Waals surface area contributed by atoms with Gasteiger partial charge in [0.15, 0.2) is 0 Å². The molecular weight excluding hydrogens is 432 g/mol. The summed E-state index contributed by atoms with van der Waals surface area (Å²) in [6.07, 6.45) is 16.6.